The smallest absolute Gasteiger partial charge is 0.404 e. The van der Waals surface area contributed by atoms with E-state index in [1.807, 2.05) is 33.8 Å². The van der Waals surface area contributed by atoms with E-state index in [9.17, 15) is 52.7 Å². The highest BCUT2D eigenvalue weighted by atomic mass is 35.5. The molecule has 3 heterocycles. The Kier molecular flexibility index (Phi) is 18.7. The molecular formula is C57H65ClN5O12P. The zero-order chi connectivity index (χ0) is 55.0. The van der Waals surface area contributed by atoms with Gasteiger partial charge in [0, 0.05) is 96.6 Å². The Hall–Kier alpha value is -6.78. The fraction of sp³-hybridized carbons (Fsp3) is 0.404. The van der Waals surface area contributed by atoms with Gasteiger partial charge in [-0.15, -0.1) is 11.6 Å². The first-order valence-electron chi connectivity index (χ1n) is 25.7. The highest BCUT2D eigenvalue weighted by Crippen LogP contribution is 2.49. The van der Waals surface area contributed by atoms with E-state index in [0.29, 0.717) is 76.2 Å². The molecule has 0 saturated heterocycles. The molecule has 76 heavy (non-hydrogen) atoms. The van der Waals surface area contributed by atoms with E-state index in [1.54, 1.807) is 73.7 Å². The molecule has 2 aliphatic rings. The predicted molar refractivity (Wildman–Crippen MR) is 289 cm³/mol. The summed E-state index contributed by atoms with van der Waals surface area (Å²) in [7, 11) is -4.94. The Morgan fingerprint density at radius 2 is 1.42 bits per heavy atom. The third-order valence-corrected chi connectivity index (χ3v) is 14.5. The van der Waals surface area contributed by atoms with Crippen molar-refractivity contribution in [3.05, 3.63) is 119 Å². The molecule has 0 aliphatic carbocycles. The topological polar surface area (TPSA) is 250 Å². The second kappa shape index (κ2) is 24.9. The zero-order valence-corrected chi connectivity index (χ0v) is 45.0. The largest absolute Gasteiger partial charge is 0.524 e. The second-order valence-corrected chi connectivity index (χ2v) is 22.2. The van der Waals surface area contributed by atoms with E-state index in [1.165, 1.54) is 23.1 Å². The molecule has 5 amide bonds. The second-order valence-electron chi connectivity index (χ2n) is 20.7. The van der Waals surface area contributed by atoms with Gasteiger partial charge < -0.3 is 25.0 Å². The van der Waals surface area contributed by atoms with Gasteiger partial charge in [-0.3, -0.25) is 53.0 Å². The lowest BCUT2D eigenvalue weighted by molar-refractivity contribution is -0.137. The summed E-state index contributed by atoms with van der Waals surface area (Å²) in [6, 6.07) is 20.7. The van der Waals surface area contributed by atoms with Crippen molar-refractivity contribution in [3.8, 4) is 5.75 Å². The van der Waals surface area contributed by atoms with Crippen LogP contribution in [0.15, 0.2) is 91.0 Å². The number of hydrogen-bond acceptors (Lipinski definition) is 10. The molecule has 0 fully saturated rings. The Bertz CT molecular complexity index is 3110. The molecule has 2 aliphatic heterocycles. The van der Waals surface area contributed by atoms with Gasteiger partial charge in [0.25, 0.3) is 17.7 Å². The number of anilines is 1. The van der Waals surface area contributed by atoms with E-state index in [4.69, 9.17) is 16.1 Å². The number of phosphoric ester groups is 1. The molecule has 0 radical (unpaired) electrons. The first kappa shape index (κ1) is 56.9. The van der Waals surface area contributed by atoms with Gasteiger partial charge in [-0.1, -0.05) is 95.6 Å². The normalized spacial score (nSPS) is 15.6. The number of aromatic nitrogens is 1. The lowest BCUT2D eigenvalue weighted by Crippen LogP contribution is -2.46. The van der Waals surface area contributed by atoms with Crippen molar-refractivity contribution in [2.45, 2.75) is 110 Å². The molecule has 0 saturated carbocycles. The molecule has 0 unspecified atom stereocenters. The van der Waals surface area contributed by atoms with Gasteiger partial charge >= 0.3 is 7.82 Å². The van der Waals surface area contributed by atoms with Crippen LogP contribution in [0, 0.1) is 17.8 Å². The summed E-state index contributed by atoms with van der Waals surface area (Å²) in [6.07, 6.45) is 4.96. The molecule has 1 aromatic heterocycles. The fourth-order valence-electron chi connectivity index (χ4n) is 9.89. The van der Waals surface area contributed by atoms with Crippen LogP contribution in [0.4, 0.5) is 5.69 Å². The average Bonchev–Trinajstić information content (AvgIpc) is 4.10. The van der Waals surface area contributed by atoms with Crippen molar-refractivity contribution < 1.29 is 57.2 Å². The number of phosphoric acid groups is 1. The number of carbonyl (C=O) groups is 8. The predicted octanol–water partition coefficient (Wildman–Crippen LogP) is 8.45. The van der Waals surface area contributed by atoms with Crippen molar-refractivity contribution in [2.75, 3.05) is 23.9 Å². The Morgan fingerprint density at radius 3 is 2.07 bits per heavy atom. The Morgan fingerprint density at radius 1 is 0.776 bits per heavy atom. The summed E-state index contributed by atoms with van der Waals surface area (Å²) in [5, 5.41) is 7.57. The molecule has 4 atom stereocenters. The summed E-state index contributed by atoms with van der Waals surface area (Å²) < 4.78 is 17.0. The van der Waals surface area contributed by atoms with Crippen molar-refractivity contribution in [1.29, 1.82) is 0 Å². The lowest BCUT2D eigenvalue weighted by Gasteiger charge is -2.24. The van der Waals surface area contributed by atoms with Gasteiger partial charge in [-0.2, -0.15) is 0 Å². The molecule has 7 rings (SSSR count). The van der Waals surface area contributed by atoms with Gasteiger partial charge in [0.2, 0.25) is 11.8 Å². The van der Waals surface area contributed by atoms with Gasteiger partial charge in [-0.05, 0) is 77.8 Å². The van der Waals surface area contributed by atoms with Crippen LogP contribution in [-0.4, -0.2) is 97.6 Å². The summed E-state index contributed by atoms with van der Waals surface area (Å²) in [5.41, 5.74) is 3.91. The van der Waals surface area contributed by atoms with Crippen LogP contribution in [0.25, 0.3) is 21.7 Å². The van der Waals surface area contributed by atoms with Crippen LogP contribution in [0.2, 0.25) is 0 Å². The molecule has 5 N–H and O–H groups in total. The minimum Gasteiger partial charge on any atom is -0.404 e. The molecule has 0 bridgehead atoms. The number of rotatable bonds is 26. The van der Waals surface area contributed by atoms with Crippen molar-refractivity contribution in [2.24, 2.45) is 17.8 Å². The third kappa shape index (κ3) is 14.4. The maximum absolute atomic E-state index is 14.2. The number of H-pyrrole nitrogens is 1. The first-order chi connectivity index (χ1) is 36.1. The number of fused-ring (bicyclic) bond motifs is 4. The van der Waals surface area contributed by atoms with E-state index in [-0.39, 0.29) is 115 Å². The van der Waals surface area contributed by atoms with E-state index < -0.39 is 31.7 Å². The van der Waals surface area contributed by atoms with Gasteiger partial charge in [0.1, 0.15) is 11.4 Å². The summed E-state index contributed by atoms with van der Waals surface area (Å²) >= 11 is 6.42. The highest BCUT2D eigenvalue weighted by molar-refractivity contribution is 7.46. The molecule has 19 heteroatoms. The van der Waals surface area contributed by atoms with Crippen LogP contribution in [0.3, 0.4) is 0 Å². The molecule has 4 aromatic carbocycles. The van der Waals surface area contributed by atoms with E-state index in [2.05, 4.69) is 15.6 Å². The SMILES string of the molecule is CC(C)C[C@H](NC(=O)CCCCCN1C(=O)C=CC1=O)C(=O)C[C@@H](C)C(=O)N[C@@H](CC(C)C)C(=O)Cc1ccc(C(=O)Cc2ccc3[nH]c(C(=O)N4C[C@@H](CCl)c5c4cc(OP(=O)(O)O)c4ccccc54)cc3c2)cc1. The number of nitrogens with one attached hydrogen (secondary N) is 3. The van der Waals surface area contributed by atoms with E-state index in [0.717, 1.165) is 10.5 Å². The maximum atomic E-state index is 14.2. The molecular weight excluding hydrogens is 1010 g/mol. The van der Waals surface area contributed by atoms with Crippen molar-refractivity contribution >= 4 is 93.7 Å². The standard InChI is InChI=1S/C57H65ClN5O12P/c1-33(2)23-44(60-52(67)13-7-6-10-22-62-53(68)20-21-54(62)69)49(65)25-35(5)56(70)61-45(24-34(3)4)50(66)27-36-14-17-38(18-15-36)48(64)28-37-16-19-43-39(26-37)29-46(59-43)57(71)63-32-40(31-58)55-42-12-9-8-11-41(42)51(30-47(55)63)75-76(72,73)74/h8-9,11-12,14-21,26,29-30,33-35,40,44-45,59H,6-7,10,13,22-25,27-28,31-32H2,1-5H3,(H,60,67)(H,61,70)(H2,72,73,74)/t35-,40-,44+,45+/m1/s1. The number of halogens is 1. The number of unbranched alkanes of at least 4 members (excludes halogenated alkanes) is 2. The number of imide groups is 1. The van der Waals surface area contributed by atoms with E-state index >= 15 is 0 Å². The number of benzene rings is 4. The van der Waals surface area contributed by atoms with Crippen LogP contribution in [-0.2, 0) is 46.2 Å². The maximum Gasteiger partial charge on any atom is 0.524 e. The van der Waals surface area contributed by atoms with Crippen LogP contribution < -0.4 is 20.1 Å². The van der Waals surface area contributed by atoms with Crippen molar-refractivity contribution in [1.82, 2.24) is 20.5 Å². The number of Topliss-reactive ketones (excluding diaryl/α,β-unsaturated/α-hetero) is 3. The van der Waals surface area contributed by atoms with Crippen LogP contribution >= 0.6 is 19.4 Å². The quantitative estimate of drug-likeness (QED) is 0.0115. The van der Waals surface area contributed by atoms with Crippen LogP contribution in [0.5, 0.6) is 5.75 Å². The lowest BCUT2D eigenvalue weighted by atomic mass is 9.92. The molecule has 402 valence electrons. The Balaban J connectivity index is 0.924. The molecule has 17 nitrogen and oxygen atoms in total. The van der Waals surface area contributed by atoms with Crippen LogP contribution in [0.1, 0.15) is 123 Å². The Labute approximate surface area is 446 Å². The number of ketones is 3. The number of aromatic amines is 1. The minimum absolute atomic E-state index is 0.00660. The average molecular weight is 1080 g/mol. The number of carbonyl (C=O) groups excluding carboxylic acids is 8. The minimum atomic E-state index is -4.94. The molecule has 0 spiro atoms. The first-order valence-corrected chi connectivity index (χ1v) is 27.8. The summed E-state index contributed by atoms with van der Waals surface area (Å²) in [5.74, 6) is -3.29. The highest BCUT2D eigenvalue weighted by Gasteiger charge is 2.37. The number of nitrogens with zero attached hydrogens (tertiary/aromatic N) is 2. The van der Waals surface area contributed by atoms with Gasteiger partial charge in [-0.25, -0.2) is 4.57 Å². The van der Waals surface area contributed by atoms with Crippen molar-refractivity contribution in [3.63, 3.8) is 0 Å². The number of hydrogen-bond donors (Lipinski definition) is 5. The fourth-order valence-corrected chi connectivity index (χ4v) is 10.6. The monoisotopic (exact) mass is 1080 g/mol. The van der Waals surface area contributed by atoms with Gasteiger partial charge in [0.05, 0.1) is 17.8 Å². The zero-order valence-electron chi connectivity index (χ0n) is 43.3. The molecule has 5 aromatic rings. The van der Waals surface area contributed by atoms with Gasteiger partial charge in [0.15, 0.2) is 17.3 Å². The summed E-state index contributed by atoms with van der Waals surface area (Å²) in [6.45, 7) is 9.88. The number of alkyl halides is 1. The third-order valence-electron chi connectivity index (χ3n) is 13.7. The number of amides is 5. The summed E-state index contributed by atoms with van der Waals surface area (Å²) in [4.78, 5) is 130.